The predicted molar refractivity (Wildman–Crippen MR) is 89.0 cm³/mol. The third-order valence-electron chi connectivity index (χ3n) is 2.73. The molecule has 23 heavy (non-hydrogen) atoms. The number of benzene rings is 2. The molecule has 120 valence electrons. The Balaban J connectivity index is 1.98. The number of hydrogen-bond acceptors (Lipinski definition) is 3. The molecule has 2 aromatic rings. The molecule has 0 bridgehead atoms. The molecule has 0 aliphatic carbocycles. The molecule has 0 spiro atoms. The molecule has 2 rings (SSSR count). The van der Waals surface area contributed by atoms with Crippen LogP contribution in [-0.2, 0) is 14.8 Å². The van der Waals surface area contributed by atoms with E-state index in [0.717, 1.165) is 11.8 Å². The van der Waals surface area contributed by atoms with Gasteiger partial charge in [0.25, 0.3) is 0 Å². The van der Waals surface area contributed by atoms with Crippen LogP contribution in [0.5, 0.6) is 0 Å². The lowest BCUT2D eigenvalue weighted by Crippen LogP contribution is -2.09. The van der Waals surface area contributed by atoms with Crippen molar-refractivity contribution in [2.75, 3.05) is 16.3 Å². The van der Waals surface area contributed by atoms with Crippen molar-refractivity contribution in [1.29, 1.82) is 0 Å². The number of rotatable bonds is 5. The van der Waals surface area contributed by atoms with E-state index in [1.54, 1.807) is 36.4 Å². The Bertz CT molecular complexity index is 831. The van der Waals surface area contributed by atoms with Crippen LogP contribution >= 0.6 is 0 Å². The van der Waals surface area contributed by atoms with Crippen LogP contribution in [0.3, 0.4) is 0 Å². The van der Waals surface area contributed by atoms with Crippen molar-refractivity contribution in [2.45, 2.75) is 0 Å². The van der Waals surface area contributed by atoms with Gasteiger partial charge in [-0.15, -0.1) is 0 Å². The standard InChI is InChI=1S/C16H15FN2O3S/c1-23(21,22)19-14-8-5-12(6-9-14)7-10-16(20)18-15-4-2-3-13(17)11-15/h2-11,19H,1H3,(H,18,20)/b10-7+. The number of nitrogens with one attached hydrogen (secondary N) is 2. The first-order chi connectivity index (χ1) is 10.8. The second-order valence-corrected chi connectivity index (χ2v) is 6.58. The molecule has 0 radical (unpaired) electrons. The van der Waals surface area contributed by atoms with Gasteiger partial charge in [-0.3, -0.25) is 9.52 Å². The van der Waals surface area contributed by atoms with Gasteiger partial charge in [-0.2, -0.15) is 0 Å². The highest BCUT2D eigenvalue weighted by Crippen LogP contribution is 2.12. The van der Waals surface area contributed by atoms with E-state index in [-0.39, 0.29) is 0 Å². The molecule has 0 aliphatic rings. The zero-order valence-electron chi connectivity index (χ0n) is 12.3. The Labute approximate surface area is 133 Å². The van der Waals surface area contributed by atoms with Crippen molar-refractivity contribution in [3.63, 3.8) is 0 Å². The average molecular weight is 334 g/mol. The highest BCUT2D eigenvalue weighted by atomic mass is 32.2. The summed E-state index contributed by atoms with van der Waals surface area (Å²) in [6.45, 7) is 0. The topological polar surface area (TPSA) is 75.3 Å². The molecule has 2 N–H and O–H groups in total. The normalized spacial score (nSPS) is 11.4. The van der Waals surface area contributed by atoms with Crippen LogP contribution in [0.4, 0.5) is 15.8 Å². The minimum absolute atomic E-state index is 0.368. The zero-order chi connectivity index (χ0) is 16.9. The summed E-state index contributed by atoms with van der Waals surface area (Å²) in [5.74, 6) is -0.824. The molecule has 2 aromatic carbocycles. The van der Waals surface area contributed by atoms with Crippen LogP contribution in [0.1, 0.15) is 5.56 Å². The van der Waals surface area contributed by atoms with Gasteiger partial charge in [0.05, 0.1) is 6.26 Å². The van der Waals surface area contributed by atoms with Gasteiger partial charge in [0.1, 0.15) is 5.82 Å². The number of halogens is 1. The molecule has 0 aromatic heterocycles. The van der Waals surface area contributed by atoms with Gasteiger partial charge >= 0.3 is 0 Å². The van der Waals surface area contributed by atoms with E-state index in [9.17, 15) is 17.6 Å². The molecule has 0 unspecified atom stereocenters. The van der Waals surface area contributed by atoms with E-state index >= 15 is 0 Å². The molecule has 0 heterocycles. The molecular formula is C16H15FN2O3S. The molecule has 0 saturated heterocycles. The van der Waals surface area contributed by atoms with Crippen molar-refractivity contribution in [3.05, 3.63) is 66.0 Å². The smallest absolute Gasteiger partial charge is 0.248 e. The first kappa shape index (κ1) is 16.7. The van der Waals surface area contributed by atoms with E-state index in [0.29, 0.717) is 11.4 Å². The Morgan fingerprint density at radius 2 is 1.78 bits per heavy atom. The fourth-order valence-corrected chi connectivity index (χ4v) is 2.36. The van der Waals surface area contributed by atoms with Crippen molar-refractivity contribution >= 4 is 33.4 Å². The fourth-order valence-electron chi connectivity index (χ4n) is 1.80. The molecule has 0 aliphatic heterocycles. The van der Waals surface area contributed by atoms with Gasteiger partial charge in [-0.25, -0.2) is 12.8 Å². The van der Waals surface area contributed by atoms with Crippen molar-refractivity contribution in [2.24, 2.45) is 0 Å². The fraction of sp³-hybridized carbons (Fsp3) is 0.0625. The van der Waals surface area contributed by atoms with Gasteiger partial charge < -0.3 is 5.32 Å². The summed E-state index contributed by atoms with van der Waals surface area (Å²) in [5, 5.41) is 2.54. The van der Waals surface area contributed by atoms with Gasteiger partial charge in [-0.1, -0.05) is 18.2 Å². The third kappa shape index (κ3) is 5.91. The highest BCUT2D eigenvalue weighted by molar-refractivity contribution is 7.92. The minimum Gasteiger partial charge on any atom is -0.322 e. The van der Waals surface area contributed by atoms with Crippen LogP contribution < -0.4 is 10.0 Å². The van der Waals surface area contributed by atoms with Crippen LogP contribution in [0.15, 0.2) is 54.6 Å². The monoisotopic (exact) mass is 334 g/mol. The maximum Gasteiger partial charge on any atom is 0.248 e. The van der Waals surface area contributed by atoms with E-state index in [1.165, 1.54) is 24.3 Å². The second kappa shape index (κ2) is 7.06. The largest absolute Gasteiger partial charge is 0.322 e. The SMILES string of the molecule is CS(=O)(=O)Nc1ccc(/C=C/C(=O)Nc2cccc(F)c2)cc1. The lowest BCUT2D eigenvalue weighted by atomic mass is 10.2. The molecule has 0 fully saturated rings. The minimum atomic E-state index is -3.32. The van der Waals surface area contributed by atoms with Gasteiger partial charge in [-0.05, 0) is 42.0 Å². The number of anilines is 2. The van der Waals surface area contributed by atoms with Crippen molar-refractivity contribution < 1.29 is 17.6 Å². The van der Waals surface area contributed by atoms with Gasteiger partial charge in [0, 0.05) is 17.5 Å². The predicted octanol–water partition coefficient (Wildman–Crippen LogP) is 2.85. The van der Waals surface area contributed by atoms with Crippen molar-refractivity contribution in [1.82, 2.24) is 0 Å². The maximum atomic E-state index is 13.0. The van der Waals surface area contributed by atoms with E-state index < -0.39 is 21.7 Å². The Morgan fingerprint density at radius 3 is 2.39 bits per heavy atom. The summed E-state index contributed by atoms with van der Waals surface area (Å²) in [7, 11) is -3.32. The number of hydrogen-bond donors (Lipinski definition) is 2. The van der Waals surface area contributed by atoms with E-state index in [2.05, 4.69) is 10.0 Å². The summed E-state index contributed by atoms with van der Waals surface area (Å²) in [6, 6.07) is 12.1. The summed E-state index contributed by atoms with van der Waals surface area (Å²) in [4.78, 5) is 11.7. The molecule has 0 atom stereocenters. The van der Waals surface area contributed by atoms with Crippen LogP contribution in [0.25, 0.3) is 6.08 Å². The number of sulfonamides is 1. The van der Waals surface area contributed by atoms with Gasteiger partial charge in [0.2, 0.25) is 15.9 Å². The number of amides is 1. The molecular weight excluding hydrogens is 319 g/mol. The maximum absolute atomic E-state index is 13.0. The van der Waals surface area contributed by atoms with Crippen LogP contribution in [0.2, 0.25) is 0 Å². The number of carbonyl (C=O) groups excluding carboxylic acids is 1. The quantitative estimate of drug-likeness (QED) is 0.826. The summed E-state index contributed by atoms with van der Waals surface area (Å²) in [5.41, 5.74) is 1.53. The van der Waals surface area contributed by atoms with Gasteiger partial charge in [0.15, 0.2) is 0 Å². The number of carbonyl (C=O) groups is 1. The molecule has 0 saturated carbocycles. The molecule has 7 heteroatoms. The lowest BCUT2D eigenvalue weighted by molar-refractivity contribution is -0.111. The Morgan fingerprint density at radius 1 is 1.09 bits per heavy atom. The average Bonchev–Trinajstić information content (AvgIpc) is 2.45. The van der Waals surface area contributed by atoms with Crippen LogP contribution in [-0.4, -0.2) is 20.6 Å². The highest BCUT2D eigenvalue weighted by Gasteiger charge is 2.01. The zero-order valence-corrected chi connectivity index (χ0v) is 13.1. The Kier molecular flexibility index (Phi) is 5.13. The lowest BCUT2D eigenvalue weighted by Gasteiger charge is -2.04. The van der Waals surface area contributed by atoms with Crippen LogP contribution in [0, 0.1) is 5.82 Å². The molecule has 5 nitrogen and oxygen atoms in total. The first-order valence-corrected chi connectivity index (χ1v) is 8.53. The van der Waals surface area contributed by atoms with E-state index in [4.69, 9.17) is 0 Å². The molecule has 1 amide bonds. The summed E-state index contributed by atoms with van der Waals surface area (Å²) in [6.07, 6.45) is 3.94. The summed E-state index contributed by atoms with van der Waals surface area (Å²) < 4.78 is 37.5. The van der Waals surface area contributed by atoms with Crippen molar-refractivity contribution in [3.8, 4) is 0 Å². The summed E-state index contributed by atoms with van der Waals surface area (Å²) >= 11 is 0. The second-order valence-electron chi connectivity index (χ2n) is 4.83. The van der Waals surface area contributed by atoms with E-state index in [1.807, 2.05) is 0 Å². The third-order valence-corrected chi connectivity index (χ3v) is 3.34. The Hall–Kier alpha value is -2.67. The first-order valence-electron chi connectivity index (χ1n) is 6.64.